The molecule has 0 aliphatic heterocycles. The molecule has 0 heterocycles. The number of anilines is 1. The molecule has 4 nitrogen and oxygen atoms in total. The highest BCUT2D eigenvalue weighted by molar-refractivity contribution is 7.89. The lowest BCUT2D eigenvalue weighted by molar-refractivity contribution is 0.317. The van der Waals surface area contributed by atoms with Crippen molar-refractivity contribution in [3.05, 3.63) is 24.3 Å². The molecule has 21 heavy (non-hydrogen) atoms. The summed E-state index contributed by atoms with van der Waals surface area (Å²) in [5.74, 6) is 0.726. The first-order chi connectivity index (χ1) is 9.95. The van der Waals surface area contributed by atoms with E-state index in [1.807, 2.05) is 12.1 Å². The lowest BCUT2D eigenvalue weighted by atomic mass is 9.83. The van der Waals surface area contributed by atoms with Gasteiger partial charge in [0.25, 0.3) is 0 Å². The Kier molecular flexibility index (Phi) is 5.27. The van der Waals surface area contributed by atoms with Crippen molar-refractivity contribution in [3.63, 3.8) is 0 Å². The second-order valence-corrected chi connectivity index (χ2v) is 8.17. The van der Waals surface area contributed by atoms with Crippen molar-refractivity contribution in [3.8, 4) is 0 Å². The van der Waals surface area contributed by atoms with Crippen molar-refractivity contribution in [2.24, 2.45) is 5.92 Å². The average Bonchev–Trinajstić information content (AvgIpc) is 2.48. The Morgan fingerprint density at radius 1 is 1.14 bits per heavy atom. The van der Waals surface area contributed by atoms with Crippen LogP contribution in [0, 0.1) is 5.92 Å². The molecule has 1 N–H and O–H groups in total. The summed E-state index contributed by atoms with van der Waals surface area (Å²) in [6.07, 6.45) is 6.31. The van der Waals surface area contributed by atoms with Gasteiger partial charge in [0.05, 0.1) is 4.90 Å². The first kappa shape index (κ1) is 16.3. The first-order valence-corrected chi connectivity index (χ1v) is 9.18. The molecule has 2 rings (SSSR count). The summed E-state index contributed by atoms with van der Waals surface area (Å²) in [6, 6.07) is 7.62. The molecule has 0 spiro atoms. The van der Waals surface area contributed by atoms with E-state index in [0.717, 1.165) is 11.6 Å². The molecule has 118 valence electrons. The summed E-state index contributed by atoms with van der Waals surface area (Å²) in [6.45, 7) is 2.25. The summed E-state index contributed by atoms with van der Waals surface area (Å²) in [5, 5.41) is 3.58. The zero-order chi connectivity index (χ0) is 15.5. The zero-order valence-electron chi connectivity index (χ0n) is 13.2. The molecule has 1 aromatic carbocycles. The predicted molar refractivity (Wildman–Crippen MR) is 87.0 cm³/mol. The SMILES string of the molecule is CCC1CCCCC1Nc1ccc(S(=O)(=O)N(C)C)cc1. The van der Waals surface area contributed by atoms with Crippen LogP contribution >= 0.6 is 0 Å². The summed E-state index contributed by atoms with van der Waals surface area (Å²) in [7, 11) is -0.235. The van der Waals surface area contributed by atoms with Gasteiger partial charge in [-0.05, 0) is 43.0 Å². The molecule has 0 aromatic heterocycles. The Balaban J connectivity index is 2.09. The minimum Gasteiger partial charge on any atom is -0.382 e. The van der Waals surface area contributed by atoms with Gasteiger partial charge in [-0.15, -0.1) is 0 Å². The minimum absolute atomic E-state index is 0.341. The smallest absolute Gasteiger partial charge is 0.242 e. The van der Waals surface area contributed by atoms with E-state index in [1.165, 1.54) is 36.4 Å². The van der Waals surface area contributed by atoms with Crippen LogP contribution in [0.3, 0.4) is 0 Å². The highest BCUT2D eigenvalue weighted by Crippen LogP contribution is 2.29. The van der Waals surface area contributed by atoms with Crippen molar-refractivity contribution in [1.29, 1.82) is 0 Å². The van der Waals surface area contributed by atoms with Crippen molar-refractivity contribution < 1.29 is 8.42 Å². The van der Waals surface area contributed by atoms with E-state index in [0.29, 0.717) is 10.9 Å². The monoisotopic (exact) mass is 310 g/mol. The van der Waals surface area contributed by atoms with Gasteiger partial charge >= 0.3 is 0 Å². The maximum absolute atomic E-state index is 12.0. The highest BCUT2D eigenvalue weighted by Gasteiger charge is 2.23. The van der Waals surface area contributed by atoms with Crippen LogP contribution in [0.1, 0.15) is 39.0 Å². The largest absolute Gasteiger partial charge is 0.382 e. The third kappa shape index (κ3) is 3.77. The van der Waals surface area contributed by atoms with Gasteiger partial charge < -0.3 is 5.32 Å². The van der Waals surface area contributed by atoms with E-state index >= 15 is 0 Å². The highest BCUT2D eigenvalue weighted by atomic mass is 32.2. The summed E-state index contributed by atoms with van der Waals surface area (Å²) in [5.41, 5.74) is 1.01. The third-order valence-electron chi connectivity index (χ3n) is 4.42. The maximum atomic E-state index is 12.0. The fourth-order valence-corrected chi connectivity index (χ4v) is 3.94. The van der Waals surface area contributed by atoms with E-state index in [-0.39, 0.29) is 0 Å². The quantitative estimate of drug-likeness (QED) is 0.907. The molecule has 5 heteroatoms. The Hall–Kier alpha value is -1.07. The van der Waals surface area contributed by atoms with Crippen molar-refractivity contribution in [2.75, 3.05) is 19.4 Å². The number of nitrogens with one attached hydrogen (secondary N) is 1. The van der Waals surface area contributed by atoms with Gasteiger partial charge in [0.1, 0.15) is 0 Å². The molecule has 0 saturated heterocycles. The number of benzene rings is 1. The zero-order valence-corrected chi connectivity index (χ0v) is 14.0. The number of rotatable bonds is 5. The van der Waals surface area contributed by atoms with Gasteiger partial charge in [-0.2, -0.15) is 0 Å². The molecule has 0 amide bonds. The molecular formula is C16H26N2O2S. The van der Waals surface area contributed by atoms with Crippen LogP contribution in [0.15, 0.2) is 29.2 Å². The molecule has 1 aliphatic carbocycles. The van der Waals surface area contributed by atoms with Gasteiger partial charge in [0.2, 0.25) is 10.0 Å². The standard InChI is InChI=1S/C16H26N2O2S/c1-4-13-7-5-6-8-16(13)17-14-9-11-15(12-10-14)21(19,20)18(2)3/h9-13,16-17H,4-8H2,1-3H3. The van der Waals surface area contributed by atoms with Crippen LogP contribution in [-0.4, -0.2) is 32.9 Å². The van der Waals surface area contributed by atoms with Crippen LogP contribution in [0.25, 0.3) is 0 Å². The molecule has 0 bridgehead atoms. The van der Waals surface area contributed by atoms with E-state index in [1.54, 1.807) is 26.2 Å². The summed E-state index contributed by atoms with van der Waals surface area (Å²) < 4.78 is 25.3. The molecule has 1 aliphatic rings. The molecule has 0 radical (unpaired) electrons. The number of nitrogens with zero attached hydrogens (tertiary/aromatic N) is 1. The van der Waals surface area contributed by atoms with Gasteiger partial charge in [0, 0.05) is 25.8 Å². The lowest BCUT2D eigenvalue weighted by Gasteiger charge is -2.32. The van der Waals surface area contributed by atoms with Gasteiger partial charge in [0.15, 0.2) is 0 Å². The predicted octanol–water partition coefficient (Wildman–Crippen LogP) is 3.32. The Morgan fingerprint density at radius 3 is 2.33 bits per heavy atom. The first-order valence-electron chi connectivity index (χ1n) is 7.74. The van der Waals surface area contributed by atoms with Crippen molar-refractivity contribution >= 4 is 15.7 Å². The minimum atomic E-state index is -3.34. The van der Waals surface area contributed by atoms with Crippen LogP contribution in [0.5, 0.6) is 0 Å². The normalized spacial score (nSPS) is 23.2. The molecule has 1 aromatic rings. The molecule has 1 fully saturated rings. The fourth-order valence-electron chi connectivity index (χ4n) is 3.03. The van der Waals surface area contributed by atoms with Crippen LogP contribution < -0.4 is 5.32 Å². The molecule has 2 unspecified atom stereocenters. The second kappa shape index (κ2) is 6.79. The number of hydrogen-bond donors (Lipinski definition) is 1. The third-order valence-corrected chi connectivity index (χ3v) is 6.25. The fraction of sp³-hybridized carbons (Fsp3) is 0.625. The molecule has 1 saturated carbocycles. The van der Waals surface area contributed by atoms with Gasteiger partial charge in [-0.3, -0.25) is 0 Å². The van der Waals surface area contributed by atoms with Crippen LogP contribution in [0.4, 0.5) is 5.69 Å². The second-order valence-electron chi connectivity index (χ2n) is 6.02. The van der Waals surface area contributed by atoms with Gasteiger partial charge in [-0.1, -0.05) is 26.2 Å². The van der Waals surface area contributed by atoms with Crippen molar-refractivity contribution in [2.45, 2.75) is 50.0 Å². The summed E-state index contributed by atoms with van der Waals surface area (Å²) >= 11 is 0. The van der Waals surface area contributed by atoms with Crippen LogP contribution in [0.2, 0.25) is 0 Å². The van der Waals surface area contributed by atoms with Crippen LogP contribution in [-0.2, 0) is 10.0 Å². The Bertz CT molecular complexity index is 552. The topological polar surface area (TPSA) is 49.4 Å². The van der Waals surface area contributed by atoms with Crippen molar-refractivity contribution in [1.82, 2.24) is 4.31 Å². The van der Waals surface area contributed by atoms with E-state index in [9.17, 15) is 8.42 Å². The molecule has 2 atom stereocenters. The van der Waals surface area contributed by atoms with E-state index < -0.39 is 10.0 Å². The molecular weight excluding hydrogens is 284 g/mol. The number of hydrogen-bond acceptors (Lipinski definition) is 3. The van der Waals surface area contributed by atoms with E-state index in [4.69, 9.17) is 0 Å². The number of sulfonamides is 1. The van der Waals surface area contributed by atoms with Gasteiger partial charge in [-0.25, -0.2) is 12.7 Å². The van der Waals surface area contributed by atoms with E-state index in [2.05, 4.69) is 12.2 Å². The maximum Gasteiger partial charge on any atom is 0.242 e. The lowest BCUT2D eigenvalue weighted by Crippen LogP contribution is -2.31. The summed E-state index contributed by atoms with van der Waals surface area (Å²) in [4.78, 5) is 0.341. The Labute approximate surface area is 128 Å². The average molecular weight is 310 g/mol. The Morgan fingerprint density at radius 2 is 1.76 bits per heavy atom.